The van der Waals surface area contributed by atoms with Crippen molar-refractivity contribution in [2.45, 2.75) is 27.3 Å². The Morgan fingerprint density at radius 1 is 1.04 bits per heavy atom. The molecular formula is C17H25BrN4O4. The van der Waals surface area contributed by atoms with Crippen LogP contribution in [-0.4, -0.2) is 53.2 Å². The van der Waals surface area contributed by atoms with E-state index in [1.165, 1.54) is 20.3 Å². The number of nitro benzene ring substituents is 1. The highest BCUT2D eigenvalue weighted by atomic mass is 79.9. The lowest BCUT2D eigenvalue weighted by Gasteiger charge is -2.36. The van der Waals surface area contributed by atoms with Gasteiger partial charge in [-0.25, -0.2) is 9.97 Å². The number of rotatable bonds is 8. The number of quaternary nitrogens is 1. The number of aromatic nitrogens is 2. The number of nitrogens with zero attached hydrogens (tertiary/aromatic N) is 4. The number of methoxy groups -OCH3 is 2. The van der Waals surface area contributed by atoms with Crippen LogP contribution in [0.25, 0.3) is 11.0 Å². The van der Waals surface area contributed by atoms with Crippen LogP contribution in [-0.2, 0) is 6.54 Å². The number of ether oxygens (including phenoxy) is 2. The zero-order valence-corrected chi connectivity index (χ0v) is 17.4. The summed E-state index contributed by atoms with van der Waals surface area (Å²) in [5.41, 5.74) is 1.85. The van der Waals surface area contributed by atoms with Gasteiger partial charge in [-0.2, -0.15) is 0 Å². The van der Waals surface area contributed by atoms with Gasteiger partial charge in [0, 0.05) is 17.7 Å². The molecule has 0 aliphatic heterocycles. The predicted molar refractivity (Wildman–Crippen MR) is 94.9 cm³/mol. The fraction of sp³-hybridized carbons (Fsp3) is 0.529. The second-order valence-electron chi connectivity index (χ2n) is 5.92. The highest BCUT2D eigenvalue weighted by Crippen LogP contribution is 2.31. The number of fused-ring (bicyclic) bond motifs is 1. The molecule has 1 heterocycles. The van der Waals surface area contributed by atoms with Crippen LogP contribution < -0.4 is 26.5 Å². The summed E-state index contributed by atoms with van der Waals surface area (Å²) >= 11 is 0. The van der Waals surface area contributed by atoms with Gasteiger partial charge >= 0.3 is 0 Å². The Morgan fingerprint density at radius 2 is 1.58 bits per heavy atom. The zero-order valence-electron chi connectivity index (χ0n) is 15.8. The Kier molecular flexibility index (Phi) is 7.70. The summed E-state index contributed by atoms with van der Waals surface area (Å²) < 4.78 is 11.2. The molecule has 0 aliphatic carbocycles. The number of non-ortho nitro benzene ring substituents is 1. The van der Waals surface area contributed by atoms with Crippen molar-refractivity contribution >= 4 is 16.7 Å². The van der Waals surface area contributed by atoms with Crippen molar-refractivity contribution in [2.24, 2.45) is 0 Å². The van der Waals surface area contributed by atoms with Gasteiger partial charge in [0.15, 0.2) is 0 Å². The van der Waals surface area contributed by atoms with E-state index in [0.29, 0.717) is 17.6 Å². The van der Waals surface area contributed by atoms with Crippen molar-refractivity contribution in [3.05, 3.63) is 27.8 Å². The first-order chi connectivity index (χ1) is 11.9. The van der Waals surface area contributed by atoms with Crippen LogP contribution in [0.2, 0.25) is 0 Å². The summed E-state index contributed by atoms with van der Waals surface area (Å²) in [6.07, 6.45) is 0. The van der Waals surface area contributed by atoms with Gasteiger partial charge < -0.3 is 30.9 Å². The summed E-state index contributed by atoms with van der Waals surface area (Å²) in [4.78, 5) is 19.8. The minimum Gasteiger partial charge on any atom is -1.00 e. The van der Waals surface area contributed by atoms with E-state index in [1.54, 1.807) is 6.07 Å². The molecule has 0 spiro atoms. The minimum absolute atomic E-state index is 0. The van der Waals surface area contributed by atoms with Crippen molar-refractivity contribution in [3.8, 4) is 11.8 Å². The Bertz CT molecular complexity index is 773. The number of halogens is 1. The third kappa shape index (κ3) is 4.21. The zero-order chi connectivity index (χ0) is 18.6. The van der Waals surface area contributed by atoms with Crippen molar-refractivity contribution in [3.63, 3.8) is 0 Å². The molecule has 2 aromatic rings. The van der Waals surface area contributed by atoms with Crippen LogP contribution >= 0.6 is 0 Å². The van der Waals surface area contributed by atoms with Gasteiger partial charge in [-0.05, 0) is 20.8 Å². The number of benzene rings is 1. The van der Waals surface area contributed by atoms with Crippen molar-refractivity contribution in [1.29, 1.82) is 0 Å². The maximum atomic E-state index is 11.3. The molecule has 1 aromatic carbocycles. The predicted octanol–water partition coefficient (Wildman–Crippen LogP) is -0.0643. The number of hydrogen-bond donors (Lipinski definition) is 0. The van der Waals surface area contributed by atoms with E-state index in [0.717, 1.165) is 29.7 Å². The molecule has 8 nitrogen and oxygen atoms in total. The summed E-state index contributed by atoms with van der Waals surface area (Å²) in [7, 11) is 2.96. The molecule has 0 bridgehead atoms. The molecular weight excluding hydrogens is 404 g/mol. The molecule has 0 N–H and O–H groups in total. The van der Waals surface area contributed by atoms with Crippen LogP contribution in [0.4, 0.5) is 5.69 Å². The SMILES string of the molecule is CC[N+](CC)(CC)Cc1cc([N+](=O)[O-])cc2nc(OC)c(OC)nc12.[Br-]. The van der Waals surface area contributed by atoms with Crippen molar-refractivity contribution < 1.29 is 35.9 Å². The normalized spacial score (nSPS) is 11.1. The smallest absolute Gasteiger partial charge is 0.278 e. The van der Waals surface area contributed by atoms with Gasteiger partial charge in [-0.3, -0.25) is 10.1 Å². The van der Waals surface area contributed by atoms with E-state index in [4.69, 9.17) is 9.47 Å². The largest absolute Gasteiger partial charge is 1.00 e. The summed E-state index contributed by atoms with van der Waals surface area (Å²) in [6.45, 7) is 9.81. The highest BCUT2D eigenvalue weighted by molar-refractivity contribution is 5.82. The van der Waals surface area contributed by atoms with Crippen LogP contribution in [0, 0.1) is 10.1 Å². The highest BCUT2D eigenvalue weighted by Gasteiger charge is 2.26. The number of nitro groups is 1. The molecule has 0 fully saturated rings. The average molecular weight is 429 g/mol. The first kappa shape index (κ1) is 22.0. The van der Waals surface area contributed by atoms with E-state index >= 15 is 0 Å². The van der Waals surface area contributed by atoms with E-state index < -0.39 is 4.92 Å². The lowest BCUT2D eigenvalue weighted by Crippen LogP contribution is -3.00. The molecule has 0 saturated carbocycles. The second-order valence-corrected chi connectivity index (χ2v) is 5.92. The quantitative estimate of drug-likeness (QED) is 0.332. The van der Waals surface area contributed by atoms with Gasteiger partial charge in [-0.1, -0.05) is 0 Å². The maximum absolute atomic E-state index is 11.3. The first-order valence-electron chi connectivity index (χ1n) is 8.35. The van der Waals surface area contributed by atoms with Crippen LogP contribution in [0.15, 0.2) is 12.1 Å². The van der Waals surface area contributed by atoms with Crippen LogP contribution in [0.1, 0.15) is 26.3 Å². The Balaban J connectivity index is 0.00000338. The van der Waals surface area contributed by atoms with Gasteiger partial charge in [0.25, 0.3) is 17.4 Å². The first-order valence-corrected chi connectivity index (χ1v) is 8.35. The molecule has 144 valence electrons. The minimum atomic E-state index is -0.403. The monoisotopic (exact) mass is 428 g/mol. The molecule has 0 amide bonds. The third-order valence-corrected chi connectivity index (χ3v) is 4.89. The fourth-order valence-electron chi connectivity index (χ4n) is 3.04. The standard InChI is InChI=1S/C17H25N4O4.BrH/c1-6-21(7-2,8-3)11-12-9-13(20(22)23)10-14-15(12)19-17(25-5)16(18-14)24-4;/h9-10H,6-8,11H2,1-5H3;1H/q+1;/p-1. The molecule has 0 radical (unpaired) electrons. The van der Waals surface area contributed by atoms with Gasteiger partial charge in [0.1, 0.15) is 17.6 Å². The van der Waals surface area contributed by atoms with Crippen LogP contribution in [0.3, 0.4) is 0 Å². The molecule has 2 rings (SSSR count). The molecule has 9 heteroatoms. The topological polar surface area (TPSA) is 87.4 Å². The molecule has 0 atom stereocenters. The molecule has 1 aromatic heterocycles. The molecule has 0 saturated heterocycles. The summed E-state index contributed by atoms with van der Waals surface area (Å²) in [5, 5.41) is 11.3. The van der Waals surface area contributed by atoms with Crippen molar-refractivity contribution in [2.75, 3.05) is 33.9 Å². The number of hydrogen-bond acceptors (Lipinski definition) is 6. The van der Waals surface area contributed by atoms with Crippen LogP contribution in [0.5, 0.6) is 11.8 Å². The lowest BCUT2D eigenvalue weighted by molar-refractivity contribution is -0.936. The third-order valence-electron chi connectivity index (χ3n) is 4.89. The fourth-order valence-corrected chi connectivity index (χ4v) is 3.04. The van der Waals surface area contributed by atoms with Gasteiger partial charge in [-0.15, -0.1) is 0 Å². The van der Waals surface area contributed by atoms with E-state index in [2.05, 4.69) is 30.7 Å². The molecule has 0 aliphatic rings. The Hall–Kier alpha value is -2.00. The average Bonchev–Trinajstić information content (AvgIpc) is 2.64. The summed E-state index contributed by atoms with van der Waals surface area (Å²) in [5.74, 6) is 0.483. The van der Waals surface area contributed by atoms with E-state index in [-0.39, 0.29) is 34.4 Å². The van der Waals surface area contributed by atoms with E-state index in [9.17, 15) is 10.1 Å². The Morgan fingerprint density at radius 3 is 2.04 bits per heavy atom. The van der Waals surface area contributed by atoms with Gasteiger partial charge in [0.05, 0.1) is 38.8 Å². The molecule has 26 heavy (non-hydrogen) atoms. The summed E-state index contributed by atoms with van der Waals surface area (Å²) in [6, 6.07) is 3.02. The maximum Gasteiger partial charge on any atom is 0.278 e. The second kappa shape index (κ2) is 9.09. The molecule has 0 unspecified atom stereocenters. The lowest BCUT2D eigenvalue weighted by atomic mass is 10.1. The van der Waals surface area contributed by atoms with Crippen molar-refractivity contribution in [1.82, 2.24) is 9.97 Å². The van der Waals surface area contributed by atoms with E-state index in [1.807, 2.05) is 0 Å². The van der Waals surface area contributed by atoms with Gasteiger partial charge in [0.2, 0.25) is 0 Å². The Labute approximate surface area is 163 Å².